The molecule has 0 amide bonds. The maximum absolute atomic E-state index is 7.05. The summed E-state index contributed by atoms with van der Waals surface area (Å²) in [5, 5.41) is 5.05. The predicted molar refractivity (Wildman–Crippen MR) is 366 cm³/mol. The normalized spacial score (nSPS) is 14.0. The molecule has 0 radical (unpaired) electrons. The lowest BCUT2D eigenvalue weighted by molar-refractivity contribution is 0.648. The number of para-hydroxylation sites is 3. The van der Waals surface area contributed by atoms with Crippen LogP contribution in [0.2, 0.25) is 5.02 Å². The summed E-state index contributed by atoms with van der Waals surface area (Å²) in [7, 11) is 0. The van der Waals surface area contributed by atoms with Gasteiger partial charge < -0.3 is 13.7 Å². The van der Waals surface area contributed by atoms with Crippen LogP contribution in [0.5, 0.6) is 0 Å². The van der Waals surface area contributed by atoms with Crippen LogP contribution in [-0.4, -0.2) is 0 Å². The lowest BCUT2D eigenvalue weighted by atomic mass is 9.67. The largest absolute Gasteiger partial charge is 0.456 e. The third-order valence-electron chi connectivity index (χ3n) is 19.2. The van der Waals surface area contributed by atoms with Gasteiger partial charge in [0.05, 0.1) is 16.5 Å². The van der Waals surface area contributed by atoms with Crippen LogP contribution in [0.1, 0.15) is 76.9 Å². The van der Waals surface area contributed by atoms with E-state index in [1.54, 1.807) is 0 Å². The number of fused-ring (bicyclic) bond motifs is 15. The fourth-order valence-electron chi connectivity index (χ4n) is 15.6. The average Bonchev–Trinajstić information content (AvgIpc) is 1.54. The van der Waals surface area contributed by atoms with Crippen molar-refractivity contribution in [2.75, 3.05) is 4.90 Å². The lowest BCUT2D eigenvalue weighted by Crippen LogP contribution is -2.28. The minimum Gasteiger partial charge on any atom is -0.456 e. The van der Waals surface area contributed by atoms with Gasteiger partial charge >= 0.3 is 0 Å². The van der Waals surface area contributed by atoms with Crippen molar-refractivity contribution >= 4 is 72.5 Å². The van der Waals surface area contributed by atoms with Crippen LogP contribution in [-0.2, 0) is 16.2 Å². The van der Waals surface area contributed by atoms with Gasteiger partial charge in [-0.25, -0.2) is 0 Å². The predicted octanol–water partition coefficient (Wildman–Crippen LogP) is 23.0. The number of benzene rings is 13. The maximum atomic E-state index is 7.05. The van der Waals surface area contributed by atoms with Crippen LogP contribution in [0.25, 0.3) is 77.3 Å². The molecule has 0 spiro atoms. The van der Waals surface area contributed by atoms with Gasteiger partial charge in [-0.05, 0) is 127 Å². The number of anilines is 3. The van der Waals surface area contributed by atoms with E-state index in [1.807, 2.05) is 18.2 Å². The molecule has 3 aliphatic carbocycles. The quantitative estimate of drug-likeness (QED) is 0.159. The molecule has 0 saturated heterocycles. The average molecular weight is 1150 g/mol. The van der Waals surface area contributed by atoms with Crippen molar-refractivity contribution in [1.82, 2.24) is 0 Å². The molecule has 13 aromatic carbocycles. The molecule has 0 bridgehead atoms. The summed E-state index contributed by atoms with van der Waals surface area (Å²) in [6.45, 7) is 4.69. The van der Waals surface area contributed by atoms with E-state index in [0.717, 1.165) is 66.4 Å². The molecule has 4 heteroatoms. The van der Waals surface area contributed by atoms with Gasteiger partial charge in [-0.2, -0.15) is 0 Å². The van der Waals surface area contributed by atoms with Crippen molar-refractivity contribution in [3.8, 4) is 33.4 Å². The summed E-state index contributed by atoms with van der Waals surface area (Å²) >= 11 is 6.36. The Morgan fingerprint density at radius 3 is 1.19 bits per heavy atom. The van der Waals surface area contributed by atoms with Crippen molar-refractivity contribution in [3.05, 3.63) is 364 Å². The Kier molecular flexibility index (Phi) is 12.3. The number of halogens is 1. The number of furan rings is 2. The van der Waals surface area contributed by atoms with E-state index in [9.17, 15) is 0 Å². The highest BCUT2D eigenvalue weighted by Gasteiger charge is 2.49. The molecule has 2 aromatic heterocycles. The molecule has 3 aliphatic rings. The molecule has 0 fully saturated rings. The molecule has 88 heavy (non-hydrogen) atoms. The molecule has 15 aromatic rings. The number of hydrogen-bond donors (Lipinski definition) is 0. The first-order valence-corrected chi connectivity index (χ1v) is 30.4. The second-order valence-electron chi connectivity index (χ2n) is 23.8. The smallest absolute Gasteiger partial charge is 0.140 e. The van der Waals surface area contributed by atoms with Gasteiger partial charge in [-0.3, -0.25) is 0 Å². The zero-order chi connectivity index (χ0) is 58.0. The van der Waals surface area contributed by atoms with Crippen molar-refractivity contribution in [2.45, 2.75) is 37.5 Å². The minimum atomic E-state index is -0.550. The van der Waals surface area contributed by atoms with E-state index in [-0.39, 0.29) is 12.8 Å². The Hall–Kier alpha value is -10.5. The third kappa shape index (κ3) is 7.50. The lowest BCUT2D eigenvalue weighted by Gasteiger charge is -2.33. The van der Waals surface area contributed by atoms with Crippen LogP contribution in [0.15, 0.2) is 312 Å². The number of rotatable bonds is 7. The molecule has 420 valence electrons. The van der Waals surface area contributed by atoms with E-state index in [1.165, 1.54) is 83.6 Å². The molecular formula is C84H60ClNO2. The Bertz CT molecular complexity index is 5140. The van der Waals surface area contributed by atoms with Gasteiger partial charge in [0, 0.05) is 60.0 Å². The third-order valence-corrected chi connectivity index (χ3v) is 19.4. The van der Waals surface area contributed by atoms with Gasteiger partial charge in [-0.1, -0.05) is 282 Å². The van der Waals surface area contributed by atoms with E-state index in [4.69, 9.17) is 20.4 Å². The molecule has 0 saturated carbocycles. The van der Waals surface area contributed by atoms with Gasteiger partial charge in [0.25, 0.3) is 0 Å². The first-order chi connectivity index (χ1) is 42.8. The number of nitrogens with zero attached hydrogens (tertiary/aromatic N) is 1. The zero-order valence-corrected chi connectivity index (χ0v) is 48.8. The Morgan fingerprint density at radius 2 is 0.693 bits per heavy atom. The van der Waals surface area contributed by atoms with Gasteiger partial charge in [0.1, 0.15) is 22.3 Å². The Balaban J connectivity index is 0.000000157. The number of hydrogen-bond acceptors (Lipinski definition) is 3. The molecular weight excluding hydrogens is 1090 g/mol. The van der Waals surface area contributed by atoms with Gasteiger partial charge in [0.2, 0.25) is 0 Å². The second-order valence-corrected chi connectivity index (χ2v) is 24.3. The molecule has 0 aliphatic heterocycles. The van der Waals surface area contributed by atoms with Crippen molar-refractivity contribution in [2.24, 2.45) is 0 Å². The molecule has 18 rings (SSSR count). The zero-order valence-electron chi connectivity index (χ0n) is 48.0. The molecule has 2 heterocycles. The van der Waals surface area contributed by atoms with Crippen LogP contribution in [0.4, 0.5) is 17.1 Å². The summed E-state index contributed by atoms with van der Waals surface area (Å²) in [5.41, 5.74) is 26.1. The highest BCUT2D eigenvalue weighted by atomic mass is 35.5. The van der Waals surface area contributed by atoms with Crippen molar-refractivity contribution in [1.29, 1.82) is 0 Å². The summed E-state index contributed by atoms with van der Waals surface area (Å²) in [5.74, 6) is 0. The first kappa shape index (κ1) is 53.1. The van der Waals surface area contributed by atoms with E-state index < -0.39 is 10.8 Å². The van der Waals surface area contributed by atoms with Gasteiger partial charge in [-0.15, -0.1) is 0 Å². The fraction of sp³-hybridized carbons (Fsp3) is 0.0714. The molecule has 0 unspecified atom stereocenters. The highest BCUT2D eigenvalue weighted by Crippen LogP contribution is 2.60. The van der Waals surface area contributed by atoms with Crippen LogP contribution < -0.4 is 4.90 Å². The SMILES string of the molecule is C.CC1(C)c2ccccc2-c2c(N(c3ccccc3)c3ccc4oc5c(C6(c7ccccc7)c7ccccc7-c7ccccc76)cccc5c4c3)cccc21.Clc1ccc2oc3c(C4(c5ccccc5)c5ccccc5-c5ccccc54)cccc3c2c1. The standard InChI is InChI=1S/C52H37NO.C31H19ClO.CH4/c1-51(2)42-25-12-11-23-40(42)49-45(51)28-16-30-47(49)53(35-19-7-4-8-20-35)36-31-32-48-41(33-36)39-24-15-29-46(50(39)54-48)52(34-17-5-3-6-18-34)43-26-13-9-21-37(43)38-22-10-14-27-44(38)52;32-21-17-18-29-25(19-21)24-13-8-16-28(30(24)33-29)31(20-9-2-1-3-10-20)26-14-6-4-11-22(26)23-12-5-7-15-27(23)31;/h3-33H,1-2H3;1-19H;1H4. The van der Waals surface area contributed by atoms with Crippen LogP contribution in [0, 0.1) is 0 Å². The second kappa shape index (κ2) is 20.3. The topological polar surface area (TPSA) is 29.5 Å². The summed E-state index contributed by atoms with van der Waals surface area (Å²) in [6.07, 6.45) is 0. The first-order valence-electron chi connectivity index (χ1n) is 30.0. The molecule has 0 N–H and O–H groups in total. The molecule has 3 nitrogen and oxygen atoms in total. The van der Waals surface area contributed by atoms with E-state index in [0.29, 0.717) is 5.02 Å². The highest BCUT2D eigenvalue weighted by molar-refractivity contribution is 6.31. The van der Waals surface area contributed by atoms with Crippen molar-refractivity contribution in [3.63, 3.8) is 0 Å². The minimum absolute atomic E-state index is 0. The van der Waals surface area contributed by atoms with E-state index >= 15 is 0 Å². The Morgan fingerprint density at radius 1 is 0.307 bits per heavy atom. The fourth-order valence-corrected chi connectivity index (χ4v) is 15.7. The van der Waals surface area contributed by atoms with Crippen LogP contribution >= 0.6 is 11.6 Å². The van der Waals surface area contributed by atoms with Crippen LogP contribution in [0.3, 0.4) is 0 Å². The maximum Gasteiger partial charge on any atom is 0.140 e. The van der Waals surface area contributed by atoms with Crippen molar-refractivity contribution < 1.29 is 8.83 Å². The van der Waals surface area contributed by atoms with E-state index in [2.05, 4.69) is 304 Å². The monoisotopic (exact) mass is 1150 g/mol. The summed E-state index contributed by atoms with van der Waals surface area (Å²) < 4.78 is 13.6. The summed E-state index contributed by atoms with van der Waals surface area (Å²) in [6, 6.07) is 109. The molecule has 0 atom stereocenters. The Labute approximate surface area is 518 Å². The summed E-state index contributed by atoms with van der Waals surface area (Å²) in [4.78, 5) is 2.42. The van der Waals surface area contributed by atoms with Gasteiger partial charge in [0.15, 0.2) is 0 Å².